The number of rotatable bonds is 18. The Morgan fingerprint density at radius 2 is 1.64 bits per heavy atom. The molecule has 22 nitrogen and oxygen atoms in total. The van der Waals surface area contributed by atoms with Crippen LogP contribution in [0.5, 0.6) is 5.75 Å². The van der Waals surface area contributed by atoms with Crippen LogP contribution >= 0.6 is 23.6 Å². The van der Waals surface area contributed by atoms with E-state index in [9.17, 15) is 43.3 Å². The number of aromatic hydroxyl groups is 1. The van der Waals surface area contributed by atoms with Crippen LogP contribution < -0.4 is 10.2 Å². The predicted octanol–water partition coefficient (Wildman–Crippen LogP) is 5.89. The first-order valence-corrected chi connectivity index (χ1v) is 23.0. The molecule has 0 unspecified atom stereocenters. The van der Waals surface area contributed by atoms with Crippen molar-refractivity contribution >= 4 is 109 Å². The third kappa shape index (κ3) is 11.0. The van der Waals surface area contributed by atoms with Crippen molar-refractivity contribution in [3.05, 3.63) is 84.0 Å². The van der Waals surface area contributed by atoms with Gasteiger partial charge in [-0.3, -0.25) is 9.11 Å². The third-order valence-electron chi connectivity index (χ3n) is 7.73. The van der Waals surface area contributed by atoms with Crippen LogP contribution in [0.2, 0.25) is 5.28 Å². The Morgan fingerprint density at radius 1 is 0.932 bits per heavy atom. The van der Waals surface area contributed by atoms with Gasteiger partial charge in [0, 0.05) is 23.0 Å². The summed E-state index contributed by atoms with van der Waals surface area (Å²) < 4.78 is 124. The molecule has 59 heavy (non-hydrogen) atoms. The van der Waals surface area contributed by atoms with Crippen LogP contribution in [-0.4, -0.2) is 87.0 Å². The number of phenols is 1. The lowest BCUT2D eigenvalue weighted by Crippen LogP contribution is -2.21. The first-order chi connectivity index (χ1) is 27.7. The number of nitrogens with one attached hydrogen (secondary N) is 1. The molecule has 0 atom stereocenters. The van der Waals surface area contributed by atoms with Crippen LogP contribution in [0.25, 0.3) is 10.8 Å². The van der Waals surface area contributed by atoms with Gasteiger partial charge in [-0.1, -0.05) is 17.7 Å². The van der Waals surface area contributed by atoms with Gasteiger partial charge in [0.15, 0.2) is 25.4 Å². The summed E-state index contributed by atoms with van der Waals surface area (Å²) in [6, 6.07) is 13.6. The highest BCUT2D eigenvalue weighted by molar-refractivity contribution is 7.95. The molecular formula is C31H28ClN7O15S5. The lowest BCUT2D eigenvalue weighted by atomic mass is 10.1. The van der Waals surface area contributed by atoms with Crippen molar-refractivity contribution in [1.82, 2.24) is 15.0 Å². The number of azo groups is 1. The molecule has 0 aliphatic rings. The second-order valence-corrected chi connectivity index (χ2v) is 18.9. The van der Waals surface area contributed by atoms with E-state index in [2.05, 4.69) is 50.6 Å². The van der Waals surface area contributed by atoms with Gasteiger partial charge in [0.05, 0.1) is 55.8 Å². The van der Waals surface area contributed by atoms with Gasteiger partial charge in [0.1, 0.15) is 10.6 Å². The number of nitrogens with zero attached hydrogens (tertiary/aromatic N) is 6. The number of hydrogen-bond donors (Lipinski definition) is 5. The molecule has 314 valence electrons. The molecule has 4 aromatic carbocycles. The summed E-state index contributed by atoms with van der Waals surface area (Å²) >= 11 is 6.55. The van der Waals surface area contributed by atoms with Gasteiger partial charge in [-0.15, -0.1) is 9.45 Å². The second-order valence-electron chi connectivity index (χ2n) is 11.4. The summed E-state index contributed by atoms with van der Waals surface area (Å²) in [7, 11) is -17.8. The van der Waals surface area contributed by atoms with Crippen LogP contribution in [0.15, 0.2) is 109 Å². The lowest BCUT2D eigenvalue weighted by molar-refractivity contribution is -0.432. The fraction of sp³-hybridized carbons (Fsp3) is 0.129. The summed E-state index contributed by atoms with van der Waals surface area (Å²) in [6.07, 6.45) is 0. The Labute approximate surface area is 344 Å². The highest BCUT2D eigenvalue weighted by atomic mass is 35.5. The molecule has 0 radical (unpaired) electrons. The number of fused-ring (bicyclic) bond motifs is 1. The second kappa shape index (κ2) is 18.1. The summed E-state index contributed by atoms with van der Waals surface area (Å²) in [6.45, 7) is 4.19. The average molecular weight is 934 g/mol. The summed E-state index contributed by atoms with van der Waals surface area (Å²) in [5.41, 5.74) is -0.185. The maximum atomic E-state index is 12.9. The van der Waals surface area contributed by atoms with E-state index in [1.54, 1.807) is 6.92 Å². The van der Waals surface area contributed by atoms with Crippen molar-refractivity contribution in [1.29, 1.82) is 0 Å². The minimum absolute atomic E-state index is 0.0923. The summed E-state index contributed by atoms with van der Waals surface area (Å²) in [4.78, 5) is 12.8. The molecule has 0 saturated carbocycles. The Kier molecular flexibility index (Phi) is 13.9. The minimum Gasteiger partial charge on any atom is -0.505 e. The van der Waals surface area contributed by atoms with E-state index in [1.807, 2.05) is 0 Å². The van der Waals surface area contributed by atoms with E-state index in [-0.39, 0.29) is 78.3 Å². The standard InChI is InChI=1S/C31H28ClN7O15S5/c1-3-39(19-6-5-7-21(16-19)57(44,45)15-14-52-59(49,50)51)31-35-29(32)34-30(36-31)33-23-12-13-25(58(46,47)48)22-17-24(55-54-53-41)27(28(40)26(22)23)38-37-18-8-10-20(11-9-18)56(42,43)4-2/h4-13,16-17,40-41H,2-3,14-15H2,1H3,(H,46,47,48)(H,49,50,51)(H,33,34,35,36). The Morgan fingerprint density at radius 3 is 2.27 bits per heavy atom. The lowest BCUT2D eigenvalue weighted by Gasteiger charge is -2.22. The van der Waals surface area contributed by atoms with Crippen LogP contribution in [0, 0.1) is 0 Å². The number of hydrogen-bond acceptors (Lipinski definition) is 21. The molecule has 0 spiro atoms. The SMILES string of the molecule is C=CS(=O)(=O)c1ccc(N=Nc2c(SOOO)cc3c(S(=O)(=O)O)ccc(Nc4nc(Cl)nc(N(CC)c5cccc(S(=O)(=O)CCOS(=O)(=O)O)c5)n4)c3c2O)cc1. The molecule has 0 aliphatic heterocycles. The number of anilines is 4. The number of sulfone groups is 2. The fourth-order valence-corrected chi connectivity index (χ4v) is 8.72. The molecule has 1 aromatic heterocycles. The fourth-order valence-electron chi connectivity index (χ4n) is 5.17. The number of halogens is 1. The van der Waals surface area contributed by atoms with Crippen molar-refractivity contribution in [2.24, 2.45) is 10.2 Å². The van der Waals surface area contributed by atoms with Gasteiger partial charge in [-0.05, 0) is 79.2 Å². The Balaban J connectivity index is 1.59. The topological polar surface area (TPSA) is 324 Å². The van der Waals surface area contributed by atoms with Gasteiger partial charge in [-0.25, -0.2) is 26.3 Å². The first kappa shape index (κ1) is 45.2. The summed E-state index contributed by atoms with van der Waals surface area (Å²) in [5.74, 6) is -2.00. The number of aromatic nitrogens is 3. The highest BCUT2D eigenvalue weighted by Gasteiger charge is 2.25. The monoisotopic (exact) mass is 933 g/mol. The van der Waals surface area contributed by atoms with Gasteiger partial charge >= 0.3 is 10.4 Å². The molecule has 5 N–H and O–H groups in total. The molecule has 0 saturated heterocycles. The van der Waals surface area contributed by atoms with E-state index < -0.39 is 68.9 Å². The van der Waals surface area contributed by atoms with E-state index in [4.69, 9.17) is 21.4 Å². The van der Waals surface area contributed by atoms with E-state index in [0.717, 1.165) is 23.6 Å². The van der Waals surface area contributed by atoms with Crippen molar-refractivity contribution in [3.8, 4) is 5.75 Å². The van der Waals surface area contributed by atoms with Crippen LogP contribution in [0.3, 0.4) is 0 Å². The number of benzene rings is 4. The molecule has 0 aliphatic carbocycles. The quantitative estimate of drug-likeness (QED) is 0.0225. The largest absolute Gasteiger partial charge is 0.505 e. The van der Waals surface area contributed by atoms with Crippen molar-refractivity contribution < 1.29 is 66.7 Å². The Bertz CT molecular complexity index is 2910. The maximum Gasteiger partial charge on any atom is 0.397 e. The van der Waals surface area contributed by atoms with Crippen LogP contribution in [-0.2, 0) is 53.7 Å². The molecule has 0 amide bonds. The number of phenolic OH excluding ortho intramolecular Hbond substituents is 1. The normalized spacial score (nSPS) is 12.6. The smallest absolute Gasteiger partial charge is 0.397 e. The van der Waals surface area contributed by atoms with E-state index in [1.165, 1.54) is 53.4 Å². The average Bonchev–Trinajstić information content (AvgIpc) is 3.16. The predicted molar refractivity (Wildman–Crippen MR) is 211 cm³/mol. The van der Waals surface area contributed by atoms with Crippen LogP contribution in [0.1, 0.15) is 6.92 Å². The zero-order valence-electron chi connectivity index (χ0n) is 29.6. The molecule has 0 bridgehead atoms. The van der Waals surface area contributed by atoms with Crippen LogP contribution in [0.4, 0.5) is 34.6 Å². The van der Waals surface area contributed by atoms with E-state index in [0.29, 0.717) is 0 Å². The molecule has 28 heteroatoms. The third-order valence-corrected chi connectivity index (χ3v) is 12.9. The first-order valence-electron chi connectivity index (χ1n) is 15.9. The van der Waals surface area contributed by atoms with Crippen molar-refractivity contribution in [3.63, 3.8) is 0 Å². The Hall–Kier alpha value is -4.91. The van der Waals surface area contributed by atoms with Crippen molar-refractivity contribution in [2.75, 3.05) is 29.1 Å². The zero-order valence-corrected chi connectivity index (χ0v) is 34.5. The molecule has 0 fully saturated rings. The minimum atomic E-state index is -4.98. The van der Waals surface area contributed by atoms with Gasteiger partial charge in [0.2, 0.25) is 17.2 Å². The molecule has 5 aromatic rings. The molecular weight excluding hydrogens is 906 g/mol. The van der Waals surface area contributed by atoms with E-state index >= 15 is 0 Å². The highest BCUT2D eigenvalue weighted by Crippen LogP contribution is 2.48. The summed E-state index contributed by atoms with van der Waals surface area (Å²) in [5, 5.41) is 34.8. The molecule has 1 heterocycles. The maximum absolute atomic E-state index is 12.9. The van der Waals surface area contributed by atoms with Gasteiger partial charge in [0.25, 0.3) is 10.1 Å². The van der Waals surface area contributed by atoms with Crippen molar-refractivity contribution in [2.45, 2.75) is 26.5 Å². The van der Waals surface area contributed by atoms with Gasteiger partial charge in [-0.2, -0.15) is 36.9 Å². The molecule has 5 rings (SSSR count). The zero-order chi connectivity index (χ0) is 43.3. The van der Waals surface area contributed by atoms with Gasteiger partial charge < -0.3 is 15.3 Å².